The molecule has 1 amide bonds. The zero-order valence-corrected chi connectivity index (χ0v) is 13.6. The zero-order chi connectivity index (χ0) is 15.9. The van der Waals surface area contributed by atoms with Crippen molar-refractivity contribution in [3.8, 4) is 0 Å². The number of nitrogens with zero attached hydrogens (tertiary/aromatic N) is 2. The van der Waals surface area contributed by atoms with Crippen LogP contribution in [-0.4, -0.2) is 40.9 Å². The van der Waals surface area contributed by atoms with Gasteiger partial charge in [-0.1, -0.05) is 12.1 Å². The average Bonchev–Trinajstić information content (AvgIpc) is 3.33. The lowest BCUT2D eigenvalue weighted by Crippen LogP contribution is -2.53. The van der Waals surface area contributed by atoms with E-state index in [9.17, 15) is 9.18 Å². The molecule has 2 saturated heterocycles. The summed E-state index contributed by atoms with van der Waals surface area (Å²) in [4.78, 5) is 17.1. The minimum Gasteiger partial charge on any atom is -0.333 e. The molecule has 2 aliphatic heterocycles. The molecule has 0 radical (unpaired) electrons. The molecule has 1 aromatic rings. The topological polar surface area (TPSA) is 23.6 Å². The Balaban J connectivity index is 1.44. The molecule has 4 heteroatoms. The van der Waals surface area contributed by atoms with Crippen molar-refractivity contribution in [2.24, 2.45) is 5.92 Å². The second kappa shape index (κ2) is 5.90. The molecular weight excluding hydrogens is 291 g/mol. The van der Waals surface area contributed by atoms with Gasteiger partial charge in [0.2, 0.25) is 5.91 Å². The molecule has 1 aromatic carbocycles. The van der Waals surface area contributed by atoms with Crippen LogP contribution in [0, 0.1) is 11.7 Å². The molecular formula is C19H25FN2O. The second-order valence-corrected chi connectivity index (χ2v) is 7.57. The Morgan fingerprint density at radius 2 is 1.78 bits per heavy atom. The van der Waals surface area contributed by atoms with Crippen molar-refractivity contribution in [1.82, 2.24) is 9.80 Å². The van der Waals surface area contributed by atoms with E-state index in [1.54, 1.807) is 12.1 Å². The van der Waals surface area contributed by atoms with E-state index in [2.05, 4.69) is 9.80 Å². The number of hydrogen-bond acceptors (Lipinski definition) is 2. The predicted molar refractivity (Wildman–Crippen MR) is 87.3 cm³/mol. The van der Waals surface area contributed by atoms with E-state index < -0.39 is 0 Å². The van der Waals surface area contributed by atoms with Crippen LogP contribution in [0.15, 0.2) is 24.3 Å². The van der Waals surface area contributed by atoms with E-state index >= 15 is 0 Å². The SMILES string of the molecule is O=C1CCC2(CCN(CC3CC3)CC2)N1Cc1ccc(F)cc1. The largest absolute Gasteiger partial charge is 0.333 e. The van der Waals surface area contributed by atoms with E-state index in [-0.39, 0.29) is 17.3 Å². The van der Waals surface area contributed by atoms with Crippen molar-refractivity contribution >= 4 is 5.91 Å². The molecule has 0 atom stereocenters. The smallest absolute Gasteiger partial charge is 0.223 e. The first-order valence-corrected chi connectivity index (χ1v) is 8.92. The number of halogens is 1. The monoisotopic (exact) mass is 316 g/mol. The highest BCUT2D eigenvalue weighted by atomic mass is 19.1. The summed E-state index contributed by atoms with van der Waals surface area (Å²) < 4.78 is 13.1. The second-order valence-electron chi connectivity index (χ2n) is 7.57. The van der Waals surface area contributed by atoms with Gasteiger partial charge in [0.25, 0.3) is 0 Å². The number of piperidine rings is 1. The molecule has 2 heterocycles. The van der Waals surface area contributed by atoms with Gasteiger partial charge in [0.05, 0.1) is 0 Å². The van der Waals surface area contributed by atoms with Crippen molar-refractivity contribution < 1.29 is 9.18 Å². The van der Waals surface area contributed by atoms with Crippen LogP contribution in [0.3, 0.4) is 0 Å². The van der Waals surface area contributed by atoms with E-state index in [1.807, 2.05) is 0 Å². The van der Waals surface area contributed by atoms with Crippen molar-refractivity contribution in [1.29, 1.82) is 0 Å². The van der Waals surface area contributed by atoms with Crippen LogP contribution in [0.2, 0.25) is 0 Å². The first kappa shape index (κ1) is 15.1. The van der Waals surface area contributed by atoms with Crippen LogP contribution < -0.4 is 0 Å². The molecule has 124 valence electrons. The third-order valence-electron chi connectivity index (χ3n) is 5.93. The molecule has 0 bridgehead atoms. The lowest BCUT2D eigenvalue weighted by atomic mass is 9.84. The molecule has 1 saturated carbocycles. The van der Waals surface area contributed by atoms with Gasteiger partial charge in [0.1, 0.15) is 5.82 Å². The zero-order valence-electron chi connectivity index (χ0n) is 13.6. The minimum atomic E-state index is -0.218. The Labute approximate surface area is 137 Å². The molecule has 0 unspecified atom stereocenters. The van der Waals surface area contributed by atoms with Gasteiger partial charge in [-0.3, -0.25) is 4.79 Å². The maximum atomic E-state index is 13.1. The summed E-state index contributed by atoms with van der Waals surface area (Å²) in [5.41, 5.74) is 1.08. The number of rotatable bonds is 4. The first-order chi connectivity index (χ1) is 11.1. The Morgan fingerprint density at radius 3 is 2.43 bits per heavy atom. The molecule has 4 rings (SSSR count). The number of carbonyl (C=O) groups excluding carboxylic acids is 1. The van der Waals surface area contributed by atoms with Gasteiger partial charge in [-0.25, -0.2) is 4.39 Å². The molecule has 3 nitrogen and oxygen atoms in total. The summed E-state index contributed by atoms with van der Waals surface area (Å²) >= 11 is 0. The van der Waals surface area contributed by atoms with Gasteiger partial charge in [0.15, 0.2) is 0 Å². The third kappa shape index (κ3) is 3.14. The third-order valence-corrected chi connectivity index (χ3v) is 5.93. The van der Waals surface area contributed by atoms with Gasteiger partial charge in [-0.15, -0.1) is 0 Å². The van der Waals surface area contributed by atoms with E-state index in [4.69, 9.17) is 0 Å². The Hall–Kier alpha value is -1.42. The predicted octanol–water partition coefficient (Wildman–Crippen LogP) is 3.19. The highest BCUT2D eigenvalue weighted by Gasteiger charge is 2.46. The highest BCUT2D eigenvalue weighted by Crippen LogP contribution is 2.41. The summed E-state index contributed by atoms with van der Waals surface area (Å²) in [5, 5.41) is 0. The number of amides is 1. The van der Waals surface area contributed by atoms with E-state index in [0.717, 1.165) is 43.8 Å². The Morgan fingerprint density at radius 1 is 1.09 bits per heavy atom. The quantitative estimate of drug-likeness (QED) is 0.852. The van der Waals surface area contributed by atoms with Gasteiger partial charge in [0, 0.05) is 38.1 Å². The molecule has 3 aliphatic rings. The lowest BCUT2D eigenvalue weighted by molar-refractivity contribution is -0.133. The lowest BCUT2D eigenvalue weighted by Gasteiger charge is -2.45. The number of carbonyl (C=O) groups is 1. The fraction of sp³-hybridized carbons (Fsp3) is 0.632. The van der Waals surface area contributed by atoms with Crippen LogP contribution in [0.1, 0.15) is 44.1 Å². The molecule has 1 aliphatic carbocycles. The maximum Gasteiger partial charge on any atom is 0.223 e. The normalized spacial score (nSPS) is 24.6. The van der Waals surface area contributed by atoms with E-state index in [0.29, 0.717) is 13.0 Å². The Bertz CT molecular complexity index is 574. The van der Waals surface area contributed by atoms with E-state index in [1.165, 1.54) is 31.5 Å². The van der Waals surface area contributed by atoms with Crippen molar-refractivity contribution in [3.63, 3.8) is 0 Å². The number of benzene rings is 1. The number of hydrogen-bond donors (Lipinski definition) is 0. The fourth-order valence-corrected chi connectivity index (χ4v) is 4.24. The van der Waals surface area contributed by atoms with Crippen LogP contribution in [0.4, 0.5) is 4.39 Å². The Kier molecular flexibility index (Phi) is 3.88. The minimum absolute atomic E-state index is 0.0471. The van der Waals surface area contributed by atoms with Gasteiger partial charge < -0.3 is 9.80 Å². The summed E-state index contributed by atoms with van der Waals surface area (Å²) in [5.74, 6) is 0.985. The van der Waals surface area contributed by atoms with Crippen molar-refractivity contribution in [3.05, 3.63) is 35.6 Å². The fourth-order valence-electron chi connectivity index (χ4n) is 4.24. The molecule has 3 fully saturated rings. The molecule has 0 N–H and O–H groups in total. The van der Waals surface area contributed by atoms with Crippen molar-refractivity contribution in [2.75, 3.05) is 19.6 Å². The molecule has 23 heavy (non-hydrogen) atoms. The highest BCUT2D eigenvalue weighted by molar-refractivity contribution is 5.79. The van der Waals surface area contributed by atoms with Gasteiger partial charge >= 0.3 is 0 Å². The van der Waals surface area contributed by atoms with Crippen LogP contribution >= 0.6 is 0 Å². The van der Waals surface area contributed by atoms with Gasteiger partial charge in [-0.2, -0.15) is 0 Å². The van der Waals surface area contributed by atoms with Crippen LogP contribution in [-0.2, 0) is 11.3 Å². The standard InChI is InChI=1S/C19H25FN2O/c20-17-5-3-16(4-6-17)14-22-18(23)7-8-19(22)9-11-21(12-10-19)13-15-1-2-15/h3-6,15H,1-2,7-14H2. The summed E-state index contributed by atoms with van der Waals surface area (Å²) in [7, 11) is 0. The number of likely N-dealkylation sites (tertiary alicyclic amines) is 2. The average molecular weight is 316 g/mol. The summed E-state index contributed by atoms with van der Waals surface area (Å²) in [6, 6.07) is 6.58. The molecule has 0 aromatic heterocycles. The van der Waals surface area contributed by atoms with Crippen LogP contribution in [0.25, 0.3) is 0 Å². The summed E-state index contributed by atoms with van der Waals surface area (Å²) in [6.07, 6.45) is 6.64. The summed E-state index contributed by atoms with van der Waals surface area (Å²) in [6.45, 7) is 4.11. The van der Waals surface area contributed by atoms with Crippen molar-refractivity contribution in [2.45, 2.75) is 50.6 Å². The first-order valence-electron chi connectivity index (χ1n) is 8.92. The molecule has 1 spiro atoms. The maximum absolute atomic E-state index is 13.1. The van der Waals surface area contributed by atoms with Crippen LogP contribution in [0.5, 0.6) is 0 Å². The van der Waals surface area contributed by atoms with Gasteiger partial charge in [-0.05, 0) is 55.7 Å².